The monoisotopic (exact) mass is 408 g/mol. The minimum Gasteiger partial charge on any atom is -0.279 e. The first-order chi connectivity index (χ1) is 14.7. The van der Waals surface area contributed by atoms with E-state index in [1.165, 1.54) is 0 Å². The Balaban J connectivity index is 1.31. The van der Waals surface area contributed by atoms with Crippen LogP contribution in [0.1, 0.15) is 61.3 Å². The fourth-order valence-electron chi connectivity index (χ4n) is 4.55. The highest BCUT2D eigenvalue weighted by molar-refractivity contribution is 5.23. The smallest absolute Gasteiger partial charge is 0.279 e. The highest BCUT2D eigenvalue weighted by atomic mass is 16.2. The van der Waals surface area contributed by atoms with Gasteiger partial charge in [-0.05, 0) is 36.8 Å². The number of aryl methyl sites for hydroxylation is 2. The molecule has 0 unspecified atom stereocenters. The molecule has 8 nitrogen and oxygen atoms in total. The Morgan fingerprint density at radius 3 is 1.50 bits per heavy atom. The van der Waals surface area contributed by atoms with Crippen LogP contribution in [0.2, 0.25) is 0 Å². The first-order valence-electron chi connectivity index (χ1n) is 11.1. The number of hydrogen-bond acceptors (Lipinski definition) is 4. The van der Waals surface area contributed by atoms with E-state index >= 15 is 0 Å². The average molecular weight is 409 g/mol. The van der Waals surface area contributed by atoms with Crippen molar-refractivity contribution < 1.29 is 0 Å². The van der Waals surface area contributed by atoms with Gasteiger partial charge >= 0.3 is 11.4 Å². The summed E-state index contributed by atoms with van der Waals surface area (Å²) in [6, 6.07) is 8.05. The molecule has 30 heavy (non-hydrogen) atoms. The lowest BCUT2D eigenvalue weighted by Gasteiger charge is -2.04. The zero-order valence-corrected chi connectivity index (χ0v) is 17.3. The Kier molecular flexibility index (Phi) is 5.14. The van der Waals surface area contributed by atoms with Gasteiger partial charge in [-0.1, -0.05) is 37.1 Å². The highest BCUT2D eigenvalue weighted by Crippen LogP contribution is 2.13. The van der Waals surface area contributed by atoms with E-state index in [9.17, 15) is 9.59 Å². The minimum absolute atomic E-state index is 0.0120. The van der Waals surface area contributed by atoms with Crippen molar-refractivity contribution in [3.05, 3.63) is 68.0 Å². The van der Waals surface area contributed by atoms with Gasteiger partial charge in [0.1, 0.15) is 11.6 Å². The molecular weight excluding hydrogens is 380 g/mol. The molecule has 0 amide bonds. The van der Waals surface area contributed by atoms with Crippen LogP contribution in [0.3, 0.4) is 0 Å². The summed E-state index contributed by atoms with van der Waals surface area (Å²) in [5, 5.41) is 9.12. The van der Waals surface area contributed by atoms with E-state index in [1.807, 2.05) is 33.4 Å². The predicted octanol–water partition coefficient (Wildman–Crippen LogP) is 1.95. The van der Waals surface area contributed by atoms with Gasteiger partial charge in [0, 0.05) is 25.9 Å². The van der Waals surface area contributed by atoms with Crippen LogP contribution < -0.4 is 11.4 Å². The molecule has 0 saturated carbocycles. The van der Waals surface area contributed by atoms with Crippen molar-refractivity contribution in [2.75, 3.05) is 0 Å². The summed E-state index contributed by atoms with van der Waals surface area (Å²) in [6.07, 6.45) is 8.37. The van der Waals surface area contributed by atoms with E-state index < -0.39 is 0 Å². The van der Waals surface area contributed by atoms with Crippen molar-refractivity contribution in [2.45, 2.75) is 77.5 Å². The maximum atomic E-state index is 12.7. The Bertz CT molecular complexity index is 1060. The second-order valence-corrected chi connectivity index (χ2v) is 8.45. The minimum atomic E-state index is -0.0120. The zero-order valence-electron chi connectivity index (χ0n) is 17.3. The van der Waals surface area contributed by atoms with Crippen LogP contribution in [0.15, 0.2) is 33.9 Å². The van der Waals surface area contributed by atoms with E-state index in [2.05, 4.69) is 10.2 Å². The Morgan fingerprint density at radius 1 is 0.633 bits per heavy atom. The molecule has 2 aromatic heterocycles. The second kappa shape index (κ2) is 8.08. The summed E-state index contributed by atoms with van der Waals surface area (Å²) in [7, 11) is 0. The molecule has 0 atom stereocenters. The van der Waals surface area contributed by atoms with Crippen LogP contribution in [0.25, 0.3) is 0 Å². The van der Waals surface area contributed by atoms with Crippen molar-refractivity contribution in [1.29, 1.82) is 0 Å². The molecule has 2 aliphatic rings. The summed E-state index contributed by atoms with van der Waals surface area (Å²) >= 11 is 0. The van der Waals surface area contributed by atoms with Gasteiger partial charge < -0.3 is 0 Å². The van der Waals surface area contributed by atoms with Gasteiger partial charge in [-0.2, -0.15) is 10.2 Å². The van der Waals surface area contributed by atoms with E-state index in [0.717, 1.165) is 87.2 Å². The fraction of sp³-hybridized carbons (Fsp3) is 0.545. The van der Waals surface area contributed by atoms with Crippen LogP contribution in [0, 0.1) is 0 Å². The van der Waals surface area contributed by atoms with Gasteiger partial charge in [-0.25, -0.2) is 19.0 Å². The lowest BCUT2D eigenvalue weighted by molar-refractivity contribution is 0.582. The third-order valence-corrected chi connectivity index (χ3v) is 6.25. The SMILES string of the molecule is O=c1n(Cc2ccc(Cn3nc4n(c3=O)CCCCC4)cc2)nc2n1CCCCC2. The molecule has 0 bridgehead atoms. The summed E-state index contributed by atoms with van der Waals surface area (Å²) in [6.45, 7) is 2.49. The number of benzene rings is 1. The molecule has 0 spiro atoms. The van der Waals surface area contributed by atoms with Gasteiger partial charge in [-0.3, -0.25) is 9.13 Å². The third kappa shape index (κ3) is 3.66. The molecule has 0 radical (unpaired) electrons. The number of hydrogen-bond donors (Lipinski definition) is 0. The normalized spacial score (nSPS) is 16.5. The maximum Gasteiger partial charge on any atom is 0.346 e. The molecule has 0 saturated heterocycles. The summed E-state index contributed by atoms with van der Waals surface area (Å²) in [5.74, 6) is 1.82. The zero-order chi connectivity index (χ0) is 20.5. The molecule has 0 aliphatic carbocycles. The molecular formula is C22H28N6O2. The van der Waals surface area contributed by atoms with Crippen molar-refractivity contribution >= 4 is 0 Å². The van der Waals surface area contributed by atoms with Gasteiger partial charge in [0.2, 0.25) is 0 Å². The van der Waals surface area contributed by atoms with Crippen LogP contribution in [0.4, 0.5) is 0 Å². The van der Waals surface area contributed by atoms with Crippen LogP contribution in [-0.2, 0) is 39.0 Å². The average Bonchev–Trinajstić information content (AvgIpc) is 3.02. The Morgan fingerprint density at radius 2 is 1.07 bits per heavy atom. The Hall–Kier alpha value is -2.90. The number of nitrogens with zero attached hydrogens (tertiary/aromatic N) is 6. The standard InChI is InChI=1S/C22H28N6O2/c29-21-25-13-5-1-3-7-19(25)23-27(21)15-17-9-11-18(12-10-17)16-28-22(30)26-14-6-2-4-8-20(26)24-28/h9-12H,1-8,13-16H2. The quantitative estimate of drug-likeness (QED) is 0.661. The molecule has 0 fully saturated rings. The van der Waals surface area contributed by atoms with Crippen LogP contribution in [0.5, 0.6) is 0 Å². The second-order valence-electron chi connectivity index (χ2n) is 8.45. The van der Waals surface area contributed by atoms with Crippen molar-refractivity contribution in [3.63, 3.8) is 0 Å². The van der Waals surface area contributed by atoms with E-state index in [1.54, 1.807) is 9.36 Å². The first-order valence-corrected chi connectivity index (χ1v) is 11.1. The van der Waals surface area contributed by atoms with E-state index in [0.29, 0.717) is 13.1 Å². The molecule has 158 valence electrons. The molecule has 2 aliphatic heterocycles. The third-order valence-electron chi connectivity index (χ3n) is 6.25. The van der Waals surface area contributed by atoms with Crippen molar-refractivity contribution in [3.8, 4) is 0 Å². The fourth-order valence-corrected chi connectivity index (χ4v) is 4.55. The lowest BCUT2D eigenvalue weighted by atomic mass is 10.1. The largest absolute Gasteiger partial charge is 0.346 e. The first kappa shape index (κ1) is 19.1. The van der Waals surface area contributed by atoms with Gasteiger partial charge in [-0.15, -0.1) is 0 Å². The van der Waals surface area contributed by atoms with E-state index in [4.69, 9.17) is 0 Å². The van der Waals surface area contributed by atoms with Crippen molar-refractivity contribution in [1.82, 2.24) is 28.7 Å². The number of fused-ring (bicyclic) bond motifs is 2. The maximum absolute atomic E-state index is 12.7. The molecule has 8 heteroatoms. The molecule has 1 aromatic carbocycles. The molecule has 4 heterocycles. The topological polar surface area (TPSA) is 79.6 Å². The molecule has 3 aromatic rings. The summed E-state index contributed by atoms with van der Waals surface area (Å²) < 4.78 is 6.81. The molecule has 5 rings (SSSR count). The van der Waals surface area contributed by atoms with Crippen LogP contribution >= 0.6 is 0 Å². The summed E-state index contributed by atoms with van der Waals surface area (Å²) in [5.41, 5.74) is 2.04. The highest BCUT2D eigenvalue weighted by Gasteiger charge is 2.17. The molecule has 0 N–H and O–H groups in total. The number of aromatic nitrogens is 6. The Labute approximate surface area is 174 Å². The van der Waals surface area contributed by atoms with E-state index in [-0.39, 0.29) is 11.4 Å². The van der Waals surface area contributed by atoms with Gasteiger partial charge in [0.15, 0.2) is 0 Å². The van der Waals surface area contributed by atoms with Gasteiger partial charge in [0.05, 0.1) is 13.1 Å². The lowest BCUT2D eigenvalue weighted by Crippen LogP contribution is -2.26. The van der Waals surface area contributed by atoms with Crippen molar-refractivity contribution in [2.24, 2.45) is 0 Å². The summed E-state index contributed by atoms with van der Waals surface area (Å²) in [4.78, 5) is 25.3. The number of rotatable bonds is 4. The van der Waals surface area contributed by atoms with Crippen LogP contribution in [-0.4, -0.2) is 28.7 Å². The predicted molar refractivity (Wildman–Crippen MR) is 113 cm³/mol. The van der Waals surface area contributed by atoms with Gasteiger partial charge in [0.25, 0.3) is 0 Å².